The minimum absolute atomic E-state index is 0. The summed E-state index contributed by atoms with van der Waals surface area (Å²) < 4.78 is 5.74. The summed E-state index contributed by atoms with van der Waals surface area (Å²) in [5, 5.41) is 4.09. The van der Waals surface area contributed by atoms with Crippen molar-refractivity contribution < 1.29 is 4.74 Å². The van der Waals surface area contributed by atoms with E-state index in [9.17, 15) is 0 Å². The molecule has 0 bridgehead atoms. The molecule has 0 unspecified atom stereocenters. The van der Waals surface area contributed by atoms with Crippen molar-refractivity contribution in [1.29, 1.82) is 0 Å². The van der Waals surface area contributed by atoms with E-state index in [1.54, 1.807) is 0 Å². The van der Waals surface area contributed by atoms with Gasteiger partial charge in [-0.2, -0.15) is 0 Å². The molecule has 1 N–H and O–H groups in total. The van der Waals surface area contributed by atoms with Crippen LogP contribution in [-0.2, 0) is 0 Å². The van der Waals surface area contributed by atoms with Crippen LogP contribution in [-0.4, -0.2) is 19.7 Å². The monoisotopic (exact) mass is 289 g/mol. The maximum Gasteiger partial charge on any atom is 0.137 e. The lowest BCUT2D eigenvalue weighted by atomic mass is 9.95. The Morgan fingerprint density at radius 1 is 1.33 bits per heavy atom. The van der Waals surface area contributed by atoms with Crippen molar-refractivity contribution >= 4 is 24.0 Å². The van der Waals surface area contributed by atoms with Crippen molar-refractivity contribution in [3.8, 4) is 5.75 Å². The highest BCUT2D eigenvalue weighted by molar-refractivity contribution is 6.32. The molecule has 1 aliphatic heterocycles. The van der Waals surface area contributed by atoms with Gasteiger partial charge in [0.15, 0.2) is 0 Å². The molecule has 0 aromatic heterocycles. The summed E-state index contributed by atoms with van der Waals surface area (Å²) in [4.78, 5) is 0. The fourth-order valence-electron chi connectivity index (χ4n) is 2.23. The highest BCUT2D eigenvalue weighted by Crippen LogP contribution is 2.26. The van der Waals surface area contributed by atoms with Gasteiger partial charge in [0.25, 0.3) is 0 Å². The molecule has 1 aromatic rings. The number of rotatable bonds is 4. The Labute approximate surface area is 120 Å². The Morgan fingerprint density at radius 3 is 2.72 bits per heavy atom. The standard InChI is InChI=1S/C14H20ClNO.ClH/c1-11-2-3-14(13(15)10-11)17-9-6-12-4-7-16-8-5-12;/h2-3,10,12,16H,4-9H2,1H3;1H. The highest BCUT2D eigenvalue weighted by atomic mass is 35.5. The van der Waals surface area contributed by atoms with Gasteiger partial charge in [-0.05, 0) is 62.9 Å². The van der Waals surface area contributed by atoms with E-state index in [1.807, 2.05) is 25.1 Å². The summed E-state index contributed by atoms with van der Waals surface area (Å²) in [6.45, 7) is 5.10. The molecule has 1 saturated heterocycles. The summed E-state index contributed by atoms with van der Waals surface area (Å²) in [6.07, 6.45) is 3.67. The number of hydrogen-bond acceptors (Lipinski definition) is 2. The van der Waals surface area contributed by atoms with Crippen molar-refractivity contribution in [3.63, 3.8) is 0 Å². The van der Waals surface area contributed by atoms with Crippen LogP contribution in [0.25, 0.3) is 0 Å². The van der Waals surface area contributed by atoms with E-state index in [-0.39, 0.29) is 12.4 Å². The fourth-order valence-corrected chi connectivity index (χ4v) is 2.52. The van der Waals surface area contributed by atoms with Crippen LogP contribution in [0.1, 0.15) is 24.8 Å². The number of halogens is 2. The Bertz CT molecular complexity index is 365. The quantitative estimate of drug-likeness (QED) is 0.909. The van der Waals surface area contributed by atoms with Crippen LogP contribution in [0.2, 0.25) is 5.02 Å². The van der Waals surface area contributed by atoms with Crippen molar-refractivity contribution in [1.82, 2.24) is 5.32 Å². The van der Waals surface area contributed by atoms with Crippen LogP contribution in [0.3, 0.4) is 0 Å². The van der Waals surface area contributed by atoms with E-state index in [0.29, 0.717) is 0 Å². The van der Waals surface area contributed by atoms with Gasteiger partial charge in [-0.1, -0.05) is 17.7 Å². The molecule has 18 heavy (non-hydrogen) atoms. The van der Waals surface area contributed by atoms with Crippen LogP contribution in [0, 0.1) is 12.8 Å². The predicted molar refractivity (Wildman–Crippen MR) is 79.1 cm³/mol. The number of hydrogen-bond donors (Lipinski definition) is 1. The van der Waals surface area contributed by atoms with E-state index < -0.39 is 0 Å². The second-order valence-corrected chi connectivity index (χ2v) is 5.17. The normalized spacial score (nSPS) is 16.1. The molecule has 0 aliphatic carbocycles. The first-order chi connectivity index (χ1) is 8.25. The van der Waals surface area contributed by atoms with Gasteiger partial charge >= 0.3 is 0 Å². The van der Waals surface area contributed by atoms with Gasteiger partial charge in [0.1, 0.15) is 5.75 Å². The molecule has 2 nitrogen and oxygen atoms in total. The molecule has 1 aliphatic rings. The van der Waals surface area contributed by atoms with Gasteiger partial charge in [0.2, 0.25) is 0 Å². The molecular weight excluding hydrogens is 269 g/mol. The van der Waals surface area contributed by atoms with E-state index in [2.05, 4.69) is 5.32 Å². The first-order valence-electron chi connectivity index (χ1n) is 6.35. The molecular formula is C14H21Cl2NO. The second-order valence-electron chi connectivity index (χ2n) is 4.76. The Balaban J connectivity index is 0.00000162. The molecule has 4 heteroatoms. The van der Waals surface area contributed by atoms with Gasteiger partial charge < -0.3 is 10.1 Å². The van der Waals surface area contributed by atoms with Gasteiger partial charge in [0.05, 0.1) is 11.6 Å². The molecule has 2 rings (SSSR count). The van der Waals surface area contributed by atoms with Gasteiger partial charge in [-0.15, -0.1) is 12.4 Å². The lowest BCUT2D eigenvalue weighted by Gasteiger charge is -2.22. The number of aryl methyl sites for hydroxylation is 1. The average molecular weight is 290 g/mol. The lowest BCUT2D eigenvalue weighted by molar-refractivity contribution is 0.252. The SMILES string of the molecule is Cc1ccc(OCCC2CCNCC2)c(Cl)c1.Cl. The molecule has 0 radical (unpaired) electrons. The van der Waals surface area contributed by atoms with Crippen molar-refractivity contribution in [2.75, 3.05) is 19.7 Å². The molecule has 0 saturated carbocycles. The lowest BCUT2D eigenvalue weighted by Crippen LogP contribution is -2.28. The fraction of sp³-hybridized carbons (Fsp3) is 0.571. The summed E-state index contributed by atoms with van der Waals surface area (Å²) >= 11 is 6.12. The largest absolute Gasteiger partial charge is 0.492 e. The number of ether oxygens (including phenoxy) is 1. The molecule has 1 heterocycles. The number of piperidine rings is 1. The van der Waals surface area contributed by atoms with Crippen LogP contribution >= 0.6 is 24.0 Å². The molecule has 0 spiro atoms. The zero-order chi connectivity index (χ0) is 12.1. The molecule has 1 aromatic carbocycles. The van der Waals surface area contributed by atoms with E-state index in [4.69, 9.17) is 16.3 Å². The van der Waals surface area contributed by atoms with Crippen LogP contribution in [0.15, 0.2) is 18.2 Å². The Hall–Kier alpha value is -0.440. The van der Waals surface area contributed by atoms with Crippen LogP contribution < -0.4 is 10.1 Å². The summed E-state index contributed by atoms with van der Waals surface area (Å²) in [7, 11) is 0. The van der Waals surface area contributed by atoms with Gasteiger partial charge in [-0.3, -0.25) is 0 Å². The highest BCUT2D eigenvalue weighted by Gasteiger charge is 2.12. The molecule has 1 fully saturated rings. The maximum atomic E-state index is 6.12. The minimum Gasteiger partial charge on any atom is -0.492 e. The Morgan fingerprint density at radius 2 is 2.06 bits per heavy atom. The topological polar surface area (TPSA) is 21.3 Å². The van der Waals surface area contributed by atoms with E-state index >= 15 is 0 Å². The van der Waals surface area contributed by atoms with Crippen LogP contribution in [0.4, 0.5) is 0 Å². The van der Waals surface area contributed by atoms with Gasteiger partial charge in [0, 0.05) is 0 Å². The van der Waals surface area contributed by atoms with E-state index in [0.717, 1.165) is 42.8 Å². The van der Waals surface area contributed by atoms with Crippen LogP contribution in [0.5, 0.6) is 5.75 Å². The summed E-state index contributed by atoms with van der Waals surface area (Å²) in [6, 6.07) is 5.94. The number of nitrogens with one attached hydrogen (secondary N) is 1. The molecule has 0 amide bonds. The Kier molecular flexibility index (Phi) is 6.83. The van der Waals surface area contributed by atoms with Crippen molar-refractivity contribution in [2.24, 2.45) is 5.92 Å². The molecule has 102 valence electrons. The third-order valence-electron chi connectivity index (χ3n) is 3.33. The summed E-state index contributed by atoms with van der Waals surface area (Å²) in [5.41, 5.74) is 1.17. The third-order valence-corrected chi connectivity index (χ3v) is 3.63. The predicted octanol–water partition coefficient (Wildman–Crippen LogP) is 3.84. The first kappa shape index (κ1) is 15.6. The maximum absolute atomic E-state index is 6.12. The minimum atomic E-state index is 0. The second kappa shape index (κ2) is 7.88. The van der Waals surface area contributed by atoms with Gasteiger partial charge in [-0.25, -0.2) is 0 Å². The summed E-state index contributed by atoms with van der Waals surface area (Å²) in [5.74, 6) is 1.62. The van der Waals surface area contributed by atoms with Crippen molar-refractivity contribution in [3.05, 3.63) is 28.8 Å². The zero-order valence-corrected chi connectivity index (χ0v) is 12.3. The zero-order valence-electron chi connectivity index (χ0n) is 10.7. The average Bonchev–Trinajstić information content (AvgIpc) is 2.33. The third kappa shape index (κ3) is 4.68. The van der Waals surface area contributed by atoms with E-state index in [1.165, 1.54) is 18.4 Å². The first-order valence-corrected chi connectivity index (χ1v) is 6.73. The number of benzene rings is 1. The molecule has 0 atom stereocenters. The smallest absolute Gasteiger partial charge is 0.137 e. The van der Waals surface area contributed by atoms with Crippen molar-refractivity contribution in [2.45, 2.75) is 26.2 Å².